The number of benzene rings is 1. The van der Waals surface area contributed by atoms with Gasteiger partial charge in [0, 0.05) is 37.2 Å². The van der Waals surface area contributed by atoms with Gasteiger partial charge in [-0.2, -0.15) is 0 Å². The number of nitrogens with zero attached hydrogens (tertiary/aromatic N) is 4. The minimum atomic E-state index is 0.329. The number of aromatic nitrogens is 3. The van der Waals surface area contributed by atoms with E-state index in [1.165, 1.54) is 29.7 Å². The maximum Gasteiger partial charge on any atom is 0.231 e. The van der Waals surface area contributed by atoms with E-state index in [0.717, 1.165) is 54.2 Å². The number of likely N-dealkylation sites (tertiary alicyclic amines) is 1. The van der Waals surface area contributed by atoms with Crippen molar-refractivity contribution >= 4 is 11.8 Å². The molecule has 2 aromatic heterocycles. The van der Waals surface area contributed by atoms with Gasteiger partial charge >= 0.3 is 0 Å². The zero-order chi connectivity index (χ0) is 23.3. The predicted octanol–water partition coefficient (Wildman–Crippen LogP) is 5.26. The normalized spacial score (nSPS) is 18.7. The quantitative estimate of drug-likeness (QED) is 0.325. The molecule has 5 rings (SSSR count). The van der Waals surface area contributed by atoms with Crippen molar-refractivity contribution in [2.75, 3.05) is 26.4 Å². The molecule has 2 atom stereocenters. The van der Waals surface area contributed by atoms with Crippen LogP contribution in [0.1, 0.15) is 48.2 Å². The molecule has 3 aromatic rings. The smallest absolute Gasteiger partial charge is 0.231 e. The number of hydrogen-bond donors (Lipinski definition) is 0. The summed E-state index contributed by atoms with van der Waals surface area (Å²) in [5.41, 5.74) is 4.78. The lowest BCUT2D eigenvalue weighted by atomic mass is 9.91. The van der Waals surface area contributed by atoms with E-state index in [9.17, 15) is 0 Å². The Morgan fingerprint density at radius 1 is 1.15 bits per heavy atom. The number of ether oxygens (including phenoxy) is 2. The minimum Gasteiger partial charge on any atom is -0.454 e. The lowest BCUT2D eigenvalue weighted by Crippen LogP contribution is -2.38. The molecule has 2 aliphatic heterocycles. The average molecular weight is 477 g/mol. The number of hydrogen-bond acceptors (Lipinski definition) is 7. The predicted molar refractivity (Wildman–Crippen MR) is 134 cm³/mol. The number of fused-ring (bicyclic) bond motifs is 1. The van der Waals surface area contributed by atoms with Crippen molar-refractivity contribution < 1.29 is 9.47 Å². The molecular formula is C27H32N4O2S. The van der Waals surface area contributed by atoms with Gasteiger partial charge < -0.3 is 14.4 Å². The molecule has 0 amide bonds. The molecule has 34 heavy (non-hydrogen) atoms. The summed E-state index contributed by atoms with van der Waals surface area (Å²) in [6, 6.07) is 12.3. The van der Waals surface area contributed by atoms with E-state index in [-0.39, 0.29) is 0 Å². The van der Waals surface area contributed by atoms with E-state index in [2.05, 4.69) is 40.8 Å². The summed E-state index contributed by atoms with van der Waals surface area (Å²) in [4.78, 5) is 16.6. The Hall–Kier alpha value is -2.64. The summed E-state index contributed by atoms with van der Waals surface area (Å²) >= 11 is 1.66. The third-order valence-electron chi connectivity index (χ3n) is 6.55. The molecule has 1 aromatic carbocycles. The lowest BCUT2D eigenvalue weighted by molar-refractivity contribution is 0.174. The number of thioether (sulfide) groups is 1. The Bertz CT molecular complexity index is 1110. The van der Waals surface area contributed by atoms with Crippen LogP contribution < -0.4 is 9.47 Å². The highest BCUT2D eigenvalue weighted by Gasteiger charge is 2.25. The number of piperidine rings is 1. The molecular weight excluding hydrogens is 444 g/mol. The van der Waals surface area contributed by atoms with Crippen LogP contribution in [0.3, 0.4) is 0 Å². The molecule has 0 spiro atoms. The topological polar surface area (TPSA) is 60.4 Å². The Balaban J connectivity index is 1.19. The van der Waals surface area contributed by atoms with Crippen LogP contribution >= 0.6 is 11.8 Å². The maximum absolute atomic E-state index is 5.55. The summed E-state index contributed by atoms with van der Waals surface area (Å²) in [5, 5.41) is 0.847. The van der Waals surface area contributed by atoms with Crippen LogP contribution in [-0.4, -0.2) is 46.3 Å². The highest BCUT2D eigenvalue weighted by Crippen LogP contribution is 2.34. The van der Waals surface area contributed by atoms with Crippen molar-refractivity contribution in [1.29, 1.82) is 0 Å². The first-order valence-corrected chi connectivity index (χ1v) is 13.1. The second-order valence-electron chi connectivity index (χ2n) is 9.43. The molecule has 0 aliphatic carbocycles. The van der Waals surface area contributed by atoms with Crippen molar-refractivity contribution in [3.05, 3.63) is 71.3 Å². The molecule has 0 unspecified atom stereocenters. The SMILES string of the molecule is Cc1cnc(SCc2ccccn2)nc1[C@H]1CCCN(C[C@H](C)Cc2ccc3c(c2)OCO3)C1. The molecule has 0 radical (unpaired) electrons. The van der Waals surface area contributed by atoms with Gasteiger partial charge in [-0.1, -0.05) is 30.8 Å². The van der Waals surface area contributed by atoms with Crippen LogP contribution in [0.4, 0.5) is 0 Å². The summed E-state index contributed by atoms with van der Waals surface area (Å²) in [6.45, 7) is 8.13. The van der Waals surface area contributed by atoms with E-state index in [1.807, 2.05) is 36.7 Å². The number of rotatable bonds is 8. The van der Waals surface area contributed by atoms with Gasteiger partial charge in [0.25, 0.3) is 0 Å². The molecule has 178 valence electrons. The second kappa shape index (κ2) is 10.7. The fraction of sp³-hybridized carbons (Fsp3) is 0.444. The second-order valence-corrected chi connectivity index (χ2v) is 10.4. The zero-order valence-electron chi connectivity index (χ0n) is 19.9. The molecule has 0 N–H and O–H groups in total. The summed E-state index contributed by atoms with van der Waals surface area (Å²) in [5.74, 6) is 3.54. The molecule has 7 heteroatoms. The standard InChI is InChI=1S/C27H32N4O2S/c1-19(12-21-8-9-24-25(13-21)33-18-32-24)15-31-11-5-6-22(16-31)26-20(2)14-29-27(30-26)34-17-23-7-3-4-10-28-23/h3-4,7-10,13-14,19,22H,5-6,11-12,15-18H2,1-2H3/t19-,22+/m1/s1. The lowest BCUT2D eigenvalue weighted by Gasteiger charge is -2.34. The number of aryl methyl sites for hydroxylation is 1. The first-order valence-electron chi connectivity index (χ1n) is 12.1. The third kappa shape index (κ3) is 5.70. The summed E-state index contributed by atoms with van der Waals surface area (Å²) in [6.07, 6.45) is 7.26. The average Bonchev–Trinajstić information content (AvgIpc) is 3.32. The summed E-state index contributed by atoms with van der Waals surface area (Å²) < 4.78 is 11.0. The highest BCUT2D eigenvalue weighted by atomic mass is 32.2. The van der Waals surface area contributed by atoms with Crippen molar-refractivity contribution in [1.82, 2.24) is 19.9 Å². The third-order valence-corrected chi connectivity index (χ3v) is 7.44. The Labute approximate surface area is 206 Å². The van der Waals surface area contributed by atoms with Crippen LogP contribution in [0.2, 0.25) is 0 Å². The largest absolute Gasteiger partial charge is 0.454 e. The van der Waals surface area contributed by atoms with E-state index < -0.39 is 0 Å². The fourth-order valence-corrected chi connectivity index (χ4v) is 5.70. The Morgan fingerprint density at radius 2 is 2.06 bits per heavy atom. The van der Waals surface area contributed by atoms with Gasteiger partial charge in [-0.25, -0.2) is 9.97 Å². The van der Waals surface area contributed by atoms with Gasteiger partial charge in [0.2, 0.25) is 6.79 Å². The van der Waals surface area contributed by atoms with Gasteiger partial charge in [0.1, 0.15) is 0 Å². The van der Waals surface area contributed by atoms with Crippen LogP contribution in [0.15, 0.2) is 53.9 Å². The van der Waals surface area contributed by atoms with Crippen LogP contribution in [0, 0.1) is 12.8 Å². The van der Waals surface area contributed by atoms with Crippen LogP contribution in [-0.2, 0) is 12.2 Å². The number of pyridine rings is 1. The molecule has 1 saturated heterocycles. The molecule has 6 nitrogen and oxygen atoms in total. The van der Waals surface area contributed by atoms with E-state index >= 15 is 0 Å². The van der Waals surface area contributed by atoms with Gasteiger partial charge in [-0.3, -0.25) is 4.98 Å². The molecule has 0 bridgehead atoms. The van der Waals surface area contributed by atoms with Crippen molar-refractivity contribution in [3.63, 3.8) is 0 Å². The van der Waals surface area contributed by atoms with Gasteiger partial charge in [-0.05, 0) is 74.0 Å². The van der Waals surface area contributed by atoms with E-state index in [1.54, 1.807) is 11.8 Å². The zero-order valence-corrected chi connectivity index (χ0v) is 20.8. The maximum atomic E-state index is 5.55. The van der Waals surface area contributed by atoms with E-state index in [4.69, 9.17) is 14.5 Å². The van der Waals surface area contributed by atoms with Crippen molar-refractivity contribution in [2.45, 2.75) is 49.9 Å². The first-order chi connectivity index (χ1) is 16.6. The minimum absolute atomic E-state index is 0.329. The van der Waals surface area contributed by atoms with E-state index in [0.29, 0.717) is 18.6 Å². The monoisotopic (exact) mass is 476 g/mol. The van der Waals surface area contributed by atoms with Crippen molar-refractivity contribution in [2.24, 2.45) is 5.92 Å². The van der Waals surface area contributed by atoms with Crippen LogP contribution in [0.25, 0.3) is 0 Å². The highest BCUT2D eigenvalue weighted by molar-refractivity contribution is 7.98. The van der Waals surface area contributed by atoms with Crippen LogP contribution in [0.5, 0.6) is 11.5 Å². The van der Waals surface area contributed by atoms with Crippen molar-refractivity contribution in [3.8, 4) is 11.5 Å². The van der Waals surface area contributed by atoms with Gasteiger partial charge in [0.05, 0.1) is 11.4 Å². The first kappa shape index (κ1) is 23.1. The summed E-state index contributed by atoms with van der Waals surface area (Å²) in [7, 11) is 0. The van der Waals surface area contributed by atoms with Gasteiger partial charge in [0.15, 0.2) is 16.7 Å². The molecule has 1 fully saturated rings. The molecule has 2 aliphatic rings. The fourth-order valence-electron chi connectivity index (χ4n) is 4.96. The molecule has 4 heterocycles. The molecule has 0 saturated carbocycles. The Kier molecular flexibility index (Phi) is 7.30. The van der Waals surface area contributed by atoms with Gasteiger partial charge in [-0.15, -0.1) is 0 Å². The Morgan fingerprint density at radius 3 is 2.94 bits per heavy atom.